The number of nitrogens with two attached hydrogens (primary N) is 1. The van der Waals surface area contributed by atoms with E-state index in [-0.39, 0.29) is 18.1 Å². The average Bonchev–Trinajstić information content (AvgIpc) is 2.82. The number of H-pyrrole nitrogens is 1. The van der Waals surface area contributed by atoms with E-state index in [2.05, 4.69) is 15.1 Å². The zero-order valence-electron chi connectivity index (χ0n) is 10.5. The van der Waals surface area contributed by atoms with Gasteiger partial charge in [0.05, 0.1) is 6.42 Å². The predicted molar refractivity (Wildman–Crippen MR) is 63.5 cm³/mol. The highest BCUT2D eigenvalue weighted by atomic mass is 19.4. The molecular weight excluding hydrogens is 275 g/mol. The maximum atomic E-state index is 12.5. The molecule has 108 valence electrons. The average molecular weight is 287 g/mol. The minimum atomic E-state index is -4.43. The number of aromatic nitrogens is 4. The summed E-state index contributed by atoms with van der Waals surface area (Å²) >= 11 is 0. The lowest BCUT2D eigenvalue weighted by Gasteiger charge is -2.08. The normalized spacial score (nSPS) is 11.8. The summed E-state index contributed by atoms with van der Waals surface area (Å²) in [5.74, 6) is -0.679. The molecule has 0 aromatic carbocycles. The minimum absolute atomic E-state index is 0.0302. The molecule has 0 aliphatic heterocycles. The van der Waals surface area contributed by atoms with E-state index in [1.54, 1.807) is 19.2 Å². The van der Waals surface area contributed by atoms with Crippen molar-refractivity contribution in [2.75, 3.05) is 0 Å². The Morgan fingerprint density at radius 2 is 2.20 bits per heavy atom. The number of nitrogens with one attached hydrogen (secondary N) is 1. The van der Waals surface area contributed by atoms with Crippen LogP contribution < -0.4 is 5.73 Å². The fraction of sp³-hybridized carbons (Fsp3) is 0.364. The number of alkyl halides is 3. The summed E-state index contributed by atoms with van der Waals surface area (Å²) in [6, 6.07) is 1.60. The van der Waals surface area contributed by atoms with Gasteiger partial charge < -0.3 is 10.7 Å². The molecule has 3 N–H and O–H groups in total. The molecule has 1 amide bonds. The number of hydrogen-bond acceptors (Lipinski definition) is 3. The molecule has 6 nitrogen and oxygen atoms in total. The zero-order valence-corrected chi connectivity index (χ0v) is 10.5. The quantitative estimate of drug-likeness (QED) is 0.884. The molecule has 0 atom stereocenters. The van der Waals surface area contributed by atoms with E-state index >= 15 is 0 Å². The summed E-state index contributed by atoms with van der Waals surface area (Å²) in [5, 5.41) is 3.70. The number of primary amides is 1. The number of nitrogens with zero attached hydrogens (tertiary/aromatic N) is 3. The molecule has 0 unspecified atom stereocenters. The molecule has 2 aromatic heterocycles. The van der Waals surface area contributed by atoms with Crippen molar-refractivity contribution < 1.29 is 18.0 Å². The van der Waals surface area contributed by atoms with Crippen LogP contribution in [0.5, 0.6) is 0 Å². The van der Waals surface area contributed by atoms with E-state index in [1.165, 1.54) is 0 Å². The van der Waals surface area contributed by atoms with Crippen molar-refractivity contribution in [3.8, 4) is 11.4 Å². The molecule has 0 bridgehead atoms. The van der Waals surface area contributed by atoms with Gasteiger partial charge in [-0.05, 0) is 13.0 Å². The monoisotopic (exact) mass is 287 g/mol. The standard InChI is InChI=1S/C11H12F3N5O/c1-6-7(2-3-16-6)10-17-9(4-8(15)20)18-19(10)5-11(12,13)14/h2-3,16H,4-5H2,1H3,(H2,15,20). The lowest BCUT2D eigenvalue weighted by molar-refractivity contribution is -0.142. The lowest BCUT2D eigenvalue weighted by atomic mass is 10.2. The molecule has 0 spiro atoms. The number of aryl methyl sites for hydroxylation is 1. The fourth-order valence-corrected chi connectivity index (χ4v) is 1.79. The molecule has 0 radical (unpaired) electrons. The summed E-state index contributed by atoms with van der Waals surface area (Å²) in [6.45, 7) is 0.425. The van der Waals surface area contributed by atoms with Gasteiger partial charge in [0.1, 0.15) is 6.54 Å². The summed E-state index contributed by atoms with van der Waals surface area (Å²) < 4.78 is 38.4. The van der Waals surface area contributed by atoms with Gasteiger partial charge in [-0.3, -0.25) is 4.79 Å². The Morgan fingerprint density at radius 1 is 1.50 bits per heavy atom. The Kier molecular flexibility index (Phi) is 3.51. The molecule has 20 heavy (non-hydrogen) atoms. The van der Waals surface area contributed by atoms with Crippen molar-refractivity contribution in [1.82, 2.24) is 19.7 Å². The molecule has 2 rings (SSSR count). The molecule has 0 saturated heterocycles. The fourth-order valence-electron chi connectivity index (χ4n) is 1.79. The molecule has 2 heterocycles. The van der Waals surface area contributed by atoms with Crippen LogP contribution in [0.25, 0.3) is 11.4 Å². The second-order valence-electron chi connectivity index (χ2n) is 4.28. The molecular formula is C11H12F3N5O. The number of carbonyl (C=O) groups excluding carboxylic acids is 1. The van der Waals surface area contributed by atoms with Crippen LogP contribution in [0.15, 0.2) is 12.3 Å². The largest absolute Gasteiger partial charge is 0.408 e. The first-order valence-electron chi connectivity index (χ1n) is 5.69. The SMILES string of the molecule is Cc1[nH]ccc1-c1nc(CC(N)=O)nn1CC(F)(F)F. The van der Waals surface area contributed by atoms with Gasteiger partial charge in [0.25, 0.3) is 0 Å². The van der Waals surface area contributed by atoms with Crippen LogP contribution in [0, 0.1) is 6.92 Å². The van der Waals surface area contributed by atoms with Crippen LogP contribution in [-0.2, 0) is 17.8 Å². The highest BCUT2D eigenvalue weighted by Crippen LogP contribution is 2.24. The van der Waals surface area contributed by atoms with Crippen LogP contribution in [0.3, 0.4) is 0 Å². The molecule has 9 heteroatoms. The Labute approximate surface area is 111 Å². The zero-order chi connectivity index (χ0) is 14.9. The van der Waals surface area contributed by atoms with Gasteiger partial charge in [-0.2, -0.15) is 18.3 Å². The van der Waals surface area contributed by atoms with Crippen LogP contribution in [0.4, 0.5) is 13.2 Å². The Balaban J connectivity index is 2.45. The van der Waals surface area contributed by atoms with E-state index in [9.17, 15) is 18.0 Å². The number of amides is 1. The first-order valence-corrected chi connectivity index (χ1v) is 5.69. The Hall–Kier alpha value is -2.32. The van der Waals surface area contributed by atoms with Crippen molar-refractivity contribution >= 4 is 5.91 Å². The maximum absolute atomic E-state index is 12.5. The van der Waals surface area contributed by atoms with E-state index in [1.807, 2.05) is 0 Å². The van der Waals surface area contributed by atoms with Crippen molar-refractivity contribution in [3.63, 3.8) is 0 Å². The highest BCUT2D eigenvalue weighted by Gasteiger charge is 2.31. The van der Waals surface area contributed by atoms with E-state index in [0.717, 1.165) is 4.68 Å². The molecule has 0 fully saturated rings. The van der Waals surface area contributed by atoms with E-state index in [0.29, 0.717) is 11.3 Å². The smallest absolute Gasteiger partial charge is 0.369 e. The van der Waals surface area contributed by atoms with Crippen LogP contribution in [-0.4, -0.2) is 31.8 Å². The maximum Gasteiger partial charge on any atom is 0.408 e. The highest BCUT2D eigenvalue weighted by molar-refractivity contribution is 5.75. The first-order chi connectivity index (χ1) is 9.26. The molecule has 0 aliphatic carbocycles. The summed E-state index contributed by atoms with van der Waals surface area (Å²) in [5.41, 5.74) is 6.16. The van der Waals surface area contributed by atoms with Crippen LogP contribution in [0.1, 0.15) is 11.5 Å². The predicted octanol–water partition coefficient (Wildman–Crippen LogP) is 1.17. The number of aromatic amines is 1. The minimum Gasteiger partial charge on any atom is -0.369 e. The van der Waals surface area contributed by atoms with E-state index < -0.39 is 18.6 Å². The van der Waals surface area contributed by atoms with Gasteiger partial charge in [-0.25, -0.2) is 9.67 Å². The van der Waals surface area contributed by atoms with Crippen molar-refractivity contribution in [1.29, 1.82) is 0 Å². The Morgan fingerprint density at radius 3 is 2.70 bits per heavy atom. The van der Waals surface area contributed by atoms with Gasteiger partial charge in [0.15, 0.2) is 11.6 Å². The van der Waals surface area contributed by atoms with Gasteiger partial charge in [0.2, 0.25) is 5.91 Å². The number of carbonyl (C=O) groups is 1. The van der Waals surface area contributed by atoms with Gasteiger partial charge in [0, 0.05) is 17.5 Å². The third-order valence-corrected chi connectivity index (χ3v) is 2.57. The van der Waals surface area contributed by atoms with Gasteiger partial charge in [-0.1, -0.05) is 0 Å². The molecule has 0 aliphatic rings. The van der Waals surface area contributed by atoms with Crippen molar-refractivity contribution in [3.05, 3.63) is 23.8 Å². The van der Waals surface area contributed by atoms with Crippen LogP contribution >= 0.6 is 0 Å². The van der Waals surface area contributed by atoms with Crippen molar-refractivity contribution in [2.45, 2.75) is 26.1 Å². The lowest BCUT2D eigenvalue weighted by Crippen LogP contribution is -2.20. The van der Waals surface area contributed by atoms with Gasteiger partial charge in [-0.15, -0.1) is 0 Å². The second kappa shape index (κ2) is 4.99. The van der Waals surface area contributed by atoms with Crippen molar-refractivity contribution in [2.24, 2.45) is 5.73 Å². The first kappa shape index (κ1) is 14.1. The third-order valence-electron chi connectivity index (χ3n) is 2.57. The number of hydrogen-bond donors (Lipinski definition) is 2. The number of rotatable bonds is 4. The Bertz CT molecular complexity index is 628. The van der Waals surface area contributed by atoms with Crippen LogP contribution in [0.2, 0.25) is 0 Å². The molecule has 2 aromatic rings. The topological polar surface area (TPSA) is 89.6 Å². The summed E-state index contributed by atoms with van der Waals surface area (Å²) in [6.07, 6.45) is -3.15. The molecule has 0 saturated carbocycles. The summed E-state index contributed by atoms with van der Waals surface area (Å²) in [4.78, 5) is 17.7. The number of halogens is 3. The summed E-state index contributed by atoms with van der Waals surface area (Å²) in [7, 11) is 0. The second-order valence-corrected chi connectivity index (χ2v) is 4.28. The van der Waals surface area contributed by atoms with E-state index in [4.69, 9.17) is 5.73 Å². The van der Waals surface area contributed by atoms with Gasteiger partial charge >= 0.3 is 6.18 Å². The third kappa shape index (κ3) is 3.16.